The van der Waals surface area contributed by atoms with Gasteiger partial charge in [0.05, 0.1) is 6.04 Å². The van der Waals surface area contributed by atoms with Gasteiger partial charge in [-0.05, 0) is 52.6 Å². The van der Waals surface area contributed by atoms with E-state index in [1.54, 1.807) is 0 Å². The zero-order valence-corrected chi connectivity index (χ0v) is 19.3. The molecule has 168 valence electrons. The Bertz CT molecular complexity index is 516. The molecule has 3 amide bonds. The van der Waals surface area contributed by atoms with E-state index in [-0.39, 0.29) is 23.5 Å². The highest BCUT2D eigenvalue weighted by Gasteiger charge is 2.37. The molecule has 1 aliphatic carbocycles. The fourth-order valence-corrected chi connectivity index (χ4v) is 4.54. The average Bonchev–Trinajstić information content (AvgIpc) is 3.19. The lowest BCUT2D eigenvalue weighted by atomic mass is 9.95. The standard InChI is InChI=1S/C22H43N5O2/c1-6-25(7-2)13-12-23-20(28)19(18-10-8-9-11-18)26-14-16-27(17-15-26)21(29)24-22(3,4)5/h18-19H,6-17H2,1-5H3,(H,23,28)(H,24,29). The summed E-state index contributed by atoms with van der Waals surface area (Å²) in [4.78, 5) is 32.1. The van der Waals surface area contributed by atoms with Crippen LogP contribution >= 0.6 is 0 Å². The molecule has 2 rings (SSSR count). The van der Waals surface area contributed by atoms with Crippen molar-refractivity contribution < 1.29 is 9.59 Å². The van der Waals surface area contributed by atoms with Crippen LogP contribution in [-0.4, -0.2) is 90.6 Å². The number of rotatable bonds is 8. The maximum absolute atomic E-state index is 13.1. The Kier molecular flexibility index (Phi) is 9.21. The molecule has 2 fully saturated rings. The molecular weight excluding hydrogens is 366 g/mol. The van der Waals surface area contributed by atoms with Crippen LogP contribution in [0.5, 0.6) is 0 Å². The van der Waals surface area contributed by atoms with Crippen LogP contribution in [0.1, 0.15) is 60.3 Å². The second kappa shape index (κ2) is 11.2. The van der Waals surface area contributed by atoms with Crippen LogP contribution < -0.4 is 10.6 Å². The van der Waals surface area contributed by atoms with Gasteiger partial charge in [-0.1, -0.05) is 26.7 Å². The summed E-state index contributed by atoms with van der Waals surface area (Å²) in [6.45, 7) is 16.8. The molecule has 2 N–H and O–H groups in total. The molecule has 29 heavy (non-hydrogen) atoms. The lowest BCUT2D eigenvalue weighted by Crippen LogP contribution is -2.60. The first kappa shape index (κ1) is 23.9. The fourth-order valence-electron chi connectivity index (χ4n) is 4.54. The molecule has 1 aliphatic heterocycles. The van der Waals surface area contributed by atoms with Crippen molar-refractivity contribution >= 4 is 11.9 Å². The van der Waals surface area contributed by atoms with Gasteiger partial charge in [0.15, 0.2) is 0 Å². The number of nitrogens with one attached hydrogen (secondary N) is 2. The summed E-state index contributed by atoms with van der Waals surface area (Å²) in [5.41, 5.74) is -0.231. The first-order valence-corrected chi connectivity index (χ1v) is 11.6. The minimum absolute atomic E-state index is 0.00163. The number of nitrogens with zero attached hydrogens (tertiary/aromatic N) is 3. The van der Waals surface area contributed by atoms with Crippen molar-refractivity contribution in [2.24, 2.45) is 5.92 Å². The molecule has 1 saturated heterocycles. The molecule has 7 nitrogen and oxygen atoms in total. The van der Waals surface area contributed by atoms with Crippen LogP contribution in [0, 0.1) is 5.92 Å². The minimum atomic E-state index is -0.231. The van der Waals surface area contributed by atoms with Crippen LogP contribution in [0.15, 0.2) is 0 Å². The zero-order valence-electron chi connectivity index (χ0n) is 19.3. The molecule has 0 bridgehead atoms. The van der Waals surface area contributed by atoms with E-state index >= 15 is 0 Å². The molecule has 0 spiro atoms. The highest BCUT2D eigenvalue weighted by atomic mass is 16.2. The van der Waals surface area contributed by atoms with Crippen molar-refractivity contribution in [2.75, 3.05) is 52.4 Å². The molecular formula is C22H43N5O2. The van der Waals surface area contributed by atoms with E-state index in [0.29, 0.717) is 25.6 Å². The van der Waals surface area contributed by atoms with Gasteiger partial charge in [-0.25, -0.2) is 4.79 Å². The minimum Gasteiger partial charge on any atom is -0.353 e. The van der Waals surface area contributed by atoms with Gasteiger partial charge >= 0.3 is 6.03 Å². The fraction of sp³-hybridized carbons (Fsp3) is 0.909. The first-order valence-electron chi connectivity index (χ1n) is 11.6. The normalized spacial score (nSPS) is 20.1. The van der Waals surface area contributed by atoms with Gasteiger partial charge < -0.3 is 20.4 Å². The molecule has 1 atom stereocenters. The number of amides is 3. The Morgan fingerprint density at radius 1 is 1.03 bits per heavy atom. The quantitative estimate of drug-likeness (QED) is 0.644. The van der Waals surface area contributed by atoms with Crippen LogP contribution in [0.3, 0.4) is 0 Å². The summed E-state index contributed by atoms with van der Waals surface area (Å²) in [6.07, 6.45) is 4.72. The van der Waals surface area contributed by atoms with Gasteiger partial charge in [-0.15, -0.1) is 0 Å². The molecule has 0 aromatic carbocycles. The van der Waals surface area contributed by atoms with E-state index in [2.05, 4.69) is 34.3 Å². The highest BCUT2D eigenvalue weighted by Crippen LogP contribution is 2.31. The number of carbonyl (C=O) groups excluding carboxylic acids is 2. The van der Waals surface area contributed by atoms with Crippen LogP contribution in [0.2, 0.25) is 0 Å². The Morgan fingerprint density at radius 3 is 2.14 bits per heavy atom. The highest BCUT2D eigenvalue weighted by molar-refractivity contribution is 5.82. The molecule has 1 heterocycles. The smallest absolute Gasteiger partial charge is 0.317 e. The molecule has 2 aliphatic rings. The molecule has 7 heteroatoms. The van der Waals surface area contributed by atoms with Crippen molar-refractivity contribution in [1.29, 1.82) is 0 Å². The lowest BCUT2D eigenvalue weighted by molar-refractivity contribution is -0.129. The SMILES string of the molecule is CCN(CC)CCNC(=O)C(C1CCCC1)N1CCN(C(=O)NC(C)(C)C)CC1. The van der Waals surface area contributed by atoms with Gasteiger partial charge in [0.2, 0.25) is 5.91 Å². The Morgan fingerprint density at radius 2 is 1.62 bits per heavy atom. The summed E-state index contributed by atoms with van der Waals surface area (Å²) in [6, 6.07) is -0.0553. The summed E-state index contributed by atoms with van der Waals surface area (Å²) < 4.78 is 0. The molecule has 1 unspecified atom stereocenters. The van der Waals surface area contributed by atoms with Gasteiger partial charge in [0, 0.05) is 44.8 Å². The van der Waals surface area contributed by atoms with E-state index in [1.807, 2.05) is 25.7 Å². The summed E-state index contributed by atoms with van der Waals surface area (Å²) in [5, 5.41) is 6.25. The number of piperazine rings is 1. The van der Waals surface area contributed by atoms with Crippen molar-refractivity contribution in [3.63, 3.8) is 0 Å². The van der Waals surface area contributed by atoms with Crippen LogP contribution in [-0.2, 0) is 4.79 Å². The number of urea groups is 1. The summed E-state index contributed by atoms with van der Waals surface area (Å²) >= 11 is 0. The van der Waals surface area contributed by atoms with Gasteiger partial charge in [0.1, 0.15) is 0 Å². The Hall–Kier alpha value is -1.34. The third kappa shape index (κ3) is 7.45. The zero-order chi connectivity index (χ0) is 21.4. The van der Waals surface area contributed by atoms with Crippen molar-refractivity contribution in [3.8, 4) is 0 Å². The predicted octanol–water partition coefficient (Wildman–Crippen LogP) is 2.13. The van der Waals surface area contributed by atoms with Crippen molar-refractivity contribution in [1.82, 2.24) is 25.3 Å². The summed E-state index contributed by atoms with van der Waals surface area (Å²) in [5.74, 6) is 0.620. The first-order chi connectivity index (χ1) is 13.7. The number of carbonyl (C=O) groups is 2. The second-order valence-corrected chi connectivity index (χ2v) is 9.51. The lowest BCUT2D eigenvalue weighted by Gasteiger charge is -2.41. The van der Waals surface area contributed by atoms with Gasteiger partial charge in [0.25, 0.3) is 0 Å². The molecule has 0 radical (unpaired) electrons. The van der Waals surface area contributed by atoms with E-state index in [4.69, 9.17) is 0 Å². The van der Waals surface area contributed by atoms with Gasteiger partial charge in [-0.3, -0.25) is 9.69 Å². The number of hydrogen-bond acceptors (Lipinski definition) is 4. The Labute approximate surface area is 177 Å². The van der Waals surface area contributed by atoms with Crippen LogP contribution in [0.4, 0.5) is 4.79 Å². The van der Waals surface area contributed by atoms with E-state index in [9.17, 15) is 9.59 Å². The molecule has 0 aromatic rings. The number of hydrogen-bond donors (Lipinski definition) is 2. The van der Waals surface area contributed by atoms with E-state index < -0.39 is 0 Å². The monoisotopic (exact) mass is 409 g/mol. The molecule has 0 aromatic heterocycles. The second-order valence-electron chi connectivity index (χ2n) is 9.51. The maximum Gasteiger partial charge on any atom is 0.317 e. The third-order valence-electron chi connectivity index (χ3n) is 6.21. The van der Waals surface area contributed by atoms with E-state index in [0.717, 1.165) is 45.6 Å². The maximum atomic E-state index is 13.1. The van der Waals surface area contributed by atoms with Gasteiger partial charge in [-0.2, -0.15) is 0 Å². The largest absolute Gasteiger partial charge is 0.353 e. The van der Waals surface area contributed by atoms with E-state index in [1.165, 1.54) is 12.8 Å². The topological polar surface area (TPSA) is 67.9 Å². The van der Waals surface area contributed by atoms with Crippen molar-refractivity contribution in [2.45, 2.75) is 71.9 Å². The average molecular weight is 410 g/mol. The Balaban J connectivity index is 1.91. The van der Waals surface area contributed by atoms with Crippen LogP contribution in [0.25, 0.3) is 0 Å². The predicted molar refractivity (Wildman–Crippen MR) is 118 cm³/mol. The molecule has 1 saturated carbocycles. The third-order valence-corrected chi connectivity index (χ3v) is 6.21. The van der Waals surface area contributed by atoms with Crippen molar-refractivity contribution in [3.05, 3.63) is 0 Å². The number of likely N-dealkylation sites (N-methyl/N-ethyl adjacent to an activating group) is 1. The summed E-state index contributed by atoms with van der Waals surface area (Å²) in [7, 11) is 0.